The van der Waals surface area contributed by atoms with Gasteiger partial charge in [-0.2, -0.15) is 8.42 Å². The van der Waals surface area contributed by atoms with Gasteiger partial charge in [0.15, 0.2) is 0 Å². The Kier molecular flexibility index (Phi) is 9.70. The van der Waals surface area contributed by atoms with Crippen LogP contribution >= 0.6 is 12.0 Å². The van der Waals surface area contributed by atoms with Crippen molar-refractivity contribution in [2.24, 2.45) is 5.41 Å². The summed E-state index contributed by atoms with van der Waals surface area (Å²) in [7, 11) is -4.12. The van der Waals surface area contributed by atoms with E-state index in [9.17, 15) is 23.1 Å². The first kappa shape index (κ1) is 22.1. The van der Waals surface area contributed by atoms with E-state index in [-0.39, 0.29) is 26.1 Å². The van der Waals surface area contributed by atoms with E-state index >= 15 is 0 Å². The van der Waals surface area contributed by atoms with E-state index < -0.39 is 39.2 Å². The minimum atomic E-state index is -4.12. The lowest BCUT2D eigenvalue weighted by Gasteiger charge is -2.28. The molecule has 0 aromatic heterocycles. The van der Waals surface area contributed by atoms with Crippen LogP contribution in [0.4, 0.5) is 0 Å². The third-order valence-electron chi connectivity index (χ3n) is 2.87. The van der Waals surface area contributed by atoms with E-state index in [0.29, 0.717) is 0 Å². The maximum atomic E-state index is 11.8. The van der Waals surface area contributed by atoms with E-state index in [1.807, 2.05) is 0 Å². The summed E-state index contributed by atoms with van der Waals surface area (Å²) >= 11 is 1.13. The fourth-order valence-electron chi connectivity index (χ4n) is 1.45. The number of nitrogens with one attached hydrogen (secondary N) is 2. The lowest BCUT2D eigenvalue weighted by Crippen LogP contribution is -2.46. The molecule has 9 nitrogen and oxygen atoms in total. The van der Waals surface area contributed by atoms with E-state index in [2.05, 4.69) is 10.6 Å². The van der Waals surface area contributed by atoms with Gasteiger partial charge in [-0.05, 0) is 12.0 Å². The SMILES string of the molecule is CSOCC(C)(C)C(O)C(=O)NCCC(=O)NCCS(=O)(=O)O. The maximum absolute atomic E-state index is 11.8. The molecular formula is C12H24N2O7S2. The van der Waals surface area contributed by atoms with Gasteiger partial charge in [0.25, 0.3) is 10.1 Å². The van der Waals surface area contributed by atoms with E-state index in [1.54, 1.807) is 20.1 Å². The summed E-state index contributed by atoms with van der Waals surface area (Å²) in [5.74, 6) is -1.67. The van der Waals surface area contributed by atoms with Crippen molar-refractivity contribution in [3.8, 4) is 0 Å². The maximum Gasteiger partial charge on any atom is 0.266 e. The third kappa shape index (κ3) is 10.5. The number of hydrogen-bond acceptors (Lipinski definition) is 7. The van der Waals surface area contributed by atoms with Crippen molar-refractivity contribution in [3.05, 3.63) is 0 Å². The van der Waals surface area contributed by atoms with Crippen molar-refractivity contribution in [1.82, 2.24) is 10.6 Å². The molecule has 0 heterocycles. The second-order valence-electron chi connectivity index (χ2n) is 5.50. The molecule has 0 aromatic carbocycles. The van der Waals surface area contributed by atoms with Crippen LogP contribution in [0.3, 0.4) is 0 Å². The zero-order valence-corrected chi connectivity index (χ0v) is 15.0. The monoisotopic (exact) mass is 372 g/mol. The molecule has 0 aliphatic carbocycles. The van der Waals surface area contributed by atoms with Crippen LogP contribution in [0.5, 0.6) is 0 Å². The molecule has 0 aliphatic heterocycles. The molecule has 0 saturated carbocycles. The first-order valence-electron chi connectivity index (χ1n) is 6.83. The molecule has 1 atom stereocenters. The molecule has 0 rings (SSSR count). The van der Waals surface area contributed by atoms with Crippen molar-refractivity contribution in [2.45, 2.75) is 26.4 Å². The van der Waals surface area contributed by atoms with Crippen molar-refractivity contribution < 1.29 is 31.8 Å². The predicted molar refractivity (Wildman–Crippen MR) is 86.3 cm³/mol. The molecule has 0 aromatic rings. The van der Waals surface area contributed by atoms with Crippen LogP contribution < -0.4 is 10.6 Å². The molecule has 0 saturated heterocycles. The summed E-state index contributed by atoms with van der Waals surface area (Å²) in [5.41, 5.74) is -0.787. The molecule has 0 fully saturated rings. The molecule has 0 aliphatic rings. The molecule has 0 radical (unpaired) electrons. The quantitative estimate of drug-likeness (QED) is 0.272. The Hall–Kier alpha value is -0.880. The van der Waals surface area contributed by atoms with Gasteiger partial charge >= 0.3 is 0 Å². The number of carbonyl (C=O) groups excluding carboxylic acids is 2. The van der Waals surface area contributed by atoms with Gasteiger partial charge in [0.2, 0.25) is 11.8 Å². The molecule has 0 bridgehead atoms. The van der Waals surface area contributed by atoms with Crippen molar-refractivity contribution in [2.75, 3.05) is 31.7 Å². The summed E-state index contributed by atoms with van der Waals surface area (Å²) in [5, 5.41) is 14.7. The highest BCUT2D eigenvalue weighted by molar-refractivity contribution is 7.93. The number of rotatable bonds is 11. The third-order valence-corrected chi connectivity index (χ3v) is 3.94. The van der Waals surface area contributed by atoms with Gasteiger partial charge in [-0.3, -0.25) is 14.1 Å². The molecule has 1 unspecified atom stereocenters. The van der Waals surface area contributed by atoms with Crippen LogP contribution in [0.25, 0.3) is 0 Å². The van der Waals surface area contributed by atoms with Gasteiger partial charge < -0.3 is 19.9 Å². The zero-order valence-electron chi connectivity index (χ0n) is 13.4. The Bertz CT molecular complexity index is 494. The second kappa shape index (κ2) is 10.1. The molecule has 11 heteroatoms. The Labute approximate surface area is 140 Å². The summed E-state index contributed by atoms with van der Waals surface area (Å²) in [6.45, 7) is 3.31. The molecular weight excluding hydrogens is 348 g/mol. The van der Waals surface area contributed by atoms with Crippen LogP contribution in [-0.2, 0) is 23.9 Å². The van der Waals surface area contributed by atoms with Crippen molar-refractivity contribution in [1.29, 1.82) is 0 Å². The van der Waals surface area contributed by atoms with E-state index in [1.165, 1.54) is 0 Å². The fraction of sp³-hybridized carbons (Fsp3) is 0.833. The van der Waals surface area contributed by atoms with E-state index in [0.717, 1.165) is 12.0 Å². The highest BCUT2D eigenvalue weighted by atomic mass is 32.2. The van der Waals surface area contributed by atoms with Gasteiger partial charge in [-0.25, -0.2) is 0 Å². The highest BCUT2D eigenvalue weighted by Gasteiger charge is 2.33. The molecule has 2 amide bonds. The van der Waals surface area contributed by atoms with Gasteiger partial charge in [-0.15, -0.1) is 0 Å². The van der Waals surface area contributed by atoms with Crippen LogP contribution in [-0.4, -0.2) is 67.7 Å². The molecule has 0 spiro atoms. The first-order valence-corrected chi connectivity index (χ1v) is 9.59. The van der Waals surface area contributed by atoms with Gasteiger partial charge in [0, 0.05) is 31.2 Å². The summed E-state index contributed by atoms with van der Waals surface area (Å²) in [6.07, 6.45) is 0.353. The first-order chi connectivity index (χ1) is 10.5. The Morgan fingerprint density at radius 1 is 1.26 bits per heavy atom. The summed E-state index contributed by atoms with van der Waals surface area (Å²) in [4.78, 5) is 23.2. The largest absolute Gasteiger partial charge is 0.383 e. The van der Waals surface area contributed by atoms with Gasteiger partial charge in [-0.1, -0.05) is 13.8 Å². The summed E-state index contributed by atoms with van der Waals surface area (Å²) < 4.78 is 34.6. The minimum absolute atomic E-state index is 0.00688. The van der Waals surface area contributed by atoms with Gasteiger partial charge in [0.1, 0.15) is 6.10 Å². The Morgan fingerprint density at radius 2 is 1.87 bits per heavy atom. The minimum Gasteiger partial charge on any atom is -0.383 e. The lowest BCUT2D eigenvalue weighted by molar-refractivity contribution is -0.136. The van der Waals surface area contributed by atoms with Crippen LogP contribution in [0.2, 0.25) is 0 Å². The number of aliphatic hydroxyl groups is 1. The zero-order chi connectivity index (χ0) is 18.1. The van der Waals surface area contributed by atoms with E-state index in [4.69, 9.17) is 8.74 Å². The second-order valence-corrected chi connectivity index (χ2v) is 7.64. The number of amides is 2. The fourth-order valence-corrected chi connectivity index (χ4v) is 2.23. The van der Waals surface area contributed by atoms with Crippen molar-refractivity contribution >= 4 is 34.0 Å². The molecule has 4 N–H and O–H groups in total. The van der Waals surface area contributed by atoms with Crippen molar-refractivity contribution in [3.63, 3.8) is 0 Å². The van der Waals surface area contributed by atoms with Gasteiger partial charge in [0.05, 0.1) is 12.4 Å². The summed E-state index contributed by atoms with van der Waals surface area (Å²) in [6, 6.07) is 0. The Balaban J connectivity index is 4.07. The number of carbonyl (C=O) groups is 2. The van der Waals surface area contributed by atoms with Crippen LogP contribution in [0.1, 0.15) is 20.3 Å². The standard InChI is InChI=1S/C12H24N2O7S2/c1-12(2,8-21-22-3)10(16)11(17)14-5-4-9(15)13-6-7-23(18,19)20/h10,16H,4-8H2,1-3H3,(H,13,15)(H,14,17)(H,18,19,20). The van der Waals surface area contributed by atoms with Crippen LogP contribution in [0.15, 0.2) is 0 Å². The molecule has 136 valence electrons. The van der Waals surface area contributed by atoms with Crippen LogP contribution in [0, 0.1) is 5.41 Å². The lowest BCUT2D eigenvalue weighted by atomic mass is 9.87. The normalized spacial score (nSPS) is 13.4. The number of hydrogen-bond donors (Lipinski definition) is 4. The highest BCUT2D eigenvalue weighted by Crippen LogP contribution is 2.22. The smallest absolute Gasteiger partial charge is 0.266 e. The average Bonchev–Trinajstić information content (AvgIpc) is 2.42. The number of aliphatic hydroxyl groups excluding tert-OH is 1. The molecule has 23 heavy (non-hydrogen) atoms. The topological polar surface area (TPSA) is 142 Å². The predicted octanol–water partition coefficient (Wildman–Crippen LogP) is -0.822. The average molecular weight is 372 g/mol. The Morgan fingerprint density at radius 3 is 2.39 bits per heavy atom.